The van der Waals surface area contributed by atoms with Crippen LogP contribution in [0.2, 0.25) is 0 Å². The van der Waals surface area contributed by atoms with E-state index in [1.54, 1.807) is 43.3 Å². The number of hydrogen-bond acceptors (Lipinski definition) is 0. The maximum Gasteiger partial charge on any atom is 0.408 e. The van der Waals surface area contributed by atoms with Gasteiger partial charge in [-0.25, -0.2) is 0 Å². The molecule has 17 heavy (non-hydrogen) atoms. The molecule has 0 aliphatic carbocycles. The van der Waals surface area contributed by atoms with Gasteiger partial charge in [-0.3, -0.25) is 0 Å². The first-order chi connectivity index (χ1) is 7.91. The highest BCUT2D eigenvalue weighted by Gasteiger charge is 2.40. The molecule has 0 fully saturated rings. The molecule has 0 aliphatic heterocycles. The maximum atomic E-state index is 12.7. The van der Waals surface area contributed by atoms with E-state index in [2.05, 4.69) is 0 Å². The van der Waals surface area contributed by atoms with E-state index in [1.165, 1.54) is 0 Å². The van der Waals surface area contributed by atoms with Crippen LogP contribution < -0.4 is 0 Å². The van der Waals surface area contributed by atoms with Gasteiger partial charge < -0.3 is 0 Å². The third-order valence-electron chi connectivity index (χ3n) is 2.73. The summed E-state index contributed by atoms with van der Waals surface area (Å²) in [5, 5.41) is -0.638. The van der Waals surface area contributed by atoms with Crippen LogP contribution >= 0.6 is 11.6 Å². The topological polar surface area (TPSA) is 0 Å². The smallest absolute Gasteiger partial charge is 0.169 e. The average molecular weight is 259 g/mol. The predicted octanol–water partition coefficient (Wildman–Crippen LogP) is 4.99. The maximum absolute atomic E-state index is 12.7. The Hall–Kier alpha value is -1.22. The van der Waals surface area contributed by atoms with Crippen molar-refractivity contribution in [1.29, 1.82) is 0 Å². The average Bonchev–Trinajstić information content (AvgIpc) is 2.27. The van der Waals surface area contributed by atoms with Gasteiger partial charge in [0, 0.05) is 0 Å². The quantitative estimate of drug-likeness (QED) is 0.632. The largest absolute Gasteiger partial charge is 0.408 e. The summed E-state index contributed by atoms with van der Waals surface area (Å²) in [4.78, 5) is 0. The molecule has 0 N–H and O–H groups in total. The number of fused-ring (bicyclic) bond motifs is 1. The minimum Gasteiger partial charge on any atom is -0.169 e. The van der Waals surface area contributed by atoms with E-state index >= 15 is 0 Å². The SMILES string of the molecule is Cc1ccc2ccccc2c1C(Cl)C(F)(F)F. The lowest BCUT2D eigenvalue weighted by atomic mass is 9.97. The Labute approximate surface area is 102 Å². The van der Waals surface area contributed by atoms with Crippen molar-refractivity contribution >= 4 is 22.4 Å². The normalized spacial score (nSPS) is 13.9. The Kier molecular flexibility index (Phi) is 3.04. The molecule has 2 rings (SSSR count). The van der Waals surface area contributed by atoms with Crippen LogP contribution in [0.5, 0.6) is 0 Å². The number of hydrogen-bond donors (Lipinski definition) is 0. The summed E-state index contributed by atoms with van der Waals surface area (Å²) in [6.45, 7) is 1.64. The van der Waals surface area contributed by atoms with E-state index in [4.69, 9.17) is 11.6 Å². The van der Waals surface area contributed by atoms with Gasteiger partial charge in [0.1, 0.15) is 0 Å². The summed E-state index contributed by atoms with van der Waals surface area (Å²) in [7, 11) is 0. The summed E-state index contributed by atoms with van der Waals surface area (Å²) in [5.41, 5.74) is 0.707. The third kappa shape index (κ3) is 2.25. The van der Waals surface area contributed by atoms with Gasteiger partial charge in [-0.2, -0.15) is 13.2 Å². The van der Waals surface area contributed by atoms with Crippen LogP contribution in [0.25, 0.3) is 10.8 Å². The zero-order chi connectivity index (χ0) is 12.6. The number of rotatable bonds is 1. The van der Waals surface area contributed by atoms with Crippen molar-refractivity contribution in [2.45, 2.75) is 18.5 Å². The highest BCUT2D eigenvalue weighted by molar-refractivity contribution is 6.22. The minimum atomic E-state index is -4.43. The summed E-state index contributed by atoms with van der Waals surface area (Å²) in [5.74, 6) is 0. The Balaban J connectivity index is 2.71. The van der Waals surface area contributed by atoms with Gasteiger partial charge in [0.15, 0.2) is 5.38 Å². The molecule has 90 valence electrons. The van der Waals surface area contributed by atoms with E-state index in [0.717, 1.165) is 5.39 Å². The van der Waals surface area contributed by atoms with Crippen LogP contribution in [0.4, 0.5) is 13.2 Å². The third-order valence-corrected chi connectivity index (χ3v) is 3.20. The molecule has 0 saturated heterocycles. The Morgan fingerprint density at radius 1 is 1.06 bits per heavy atom. The van der Waals surface area contributed by atoms with Gasteiger partial charge in [-0.05, 0) is 28.8 Å². The molecule has 0 spiro atoms. The minimum absolute atomic E-state index is 0.150. The molecular formula is C13H10ClF3. The van der Waals surface area contributed by atoms with Crippen LogP contribution in [-0.2, 0) is 0 Å². The fourth-order valence-corrected chi connectivity index (χ4v) is 2.19. The number of alkyl halides is 4. The van der Waals surface area contributed by atoms with Crippen molar-refractivity contribution in [1.82, 2.24) is 0 Å². The van der Waals surface area contributed by atoms with Gasteiger partial charge in [-0.15, -0.1) is 11.6 Å². The number of aryl methyl sites for hydroxylation is 1. The van der Waals surface area contributed by atoms with E-state index in [9.17, 15) is 13.2 Å². The monoisotopic (exact) mass is 258 g/mol. The Bertz CT molecular complexity index is 546. The van der Waals surface area contributed by atoms with E-state index in [1.807, 2.05) is 0 Å². The van der Waals surface area contributed by atoms with Crippen molar-refractivity contribution < 1.29 is 13.2 Å². The molecule has 0 aromatic heterocycles. The van der Waals surface area contributed by atoms with Gasteiger partial charge in [0.25, 0.3) is 0 Å². The first-order valence-electron chi connectivity index (χ1n) is 5.10. The second kappa shape index (κ2) is 4.22. The molecular weight excluding hydrogens is 249 g/mol. The van der Waals surface area contributed by atoms with E-state index in [0.29, 0.717) is 10.9 Å². The molecule has 1 atom stereocenters. The van der Waals surface area contributed by atoms with Gasteiger partial charge in [-0.1, -0.05) is 36.4 Å². The van der Waals surface area contributed by atoms with Crippen molar-refractivity contribution in [3.63, 3.8) is 0 Å². The molecule has 0 heterocycles. The fourth-order valence-electron chi connectivity index (χ4n) is 1.90. The molecule has 1 unspecified atom stereocenters. The lowest BCUT2D eigenvalue weighted by Gasteiger charge is -2.18. The van der Waals surface area contributed by atoms with Gasteiger partial charge in [0.2, 0.25) is 0 Å². The molecule has 0 nitrogen and oxygen atoms in total. The molecule has 0 amide bonds. The first kappa shape index (κ1) is 12.2. The van der Waals surface area contributed by atoms with Crippen LogP contribution in [-0.4, -0.2) is 6.18 Å². The number of halogens is 4. The van der Waals surface area contributed by atoms with E-state index in [-0.39, 0.29) is 5.56 Å². The Morgan fingerprint density at radius 3 is 2.35 bits per heavy atom. The van der Waals surface area contributed by atoms with Crippen molar-refractivity contribution in [2.24, 2.45) is 0 Å². The lowest BCUT2D eigenvalue weighted by Crippen LogP contribution is -2.17. The molecule has 0 saturated carbocycles. The fraction of sp³-hybridized carbons (Fsp3) is 0.231. The molecule has 0 bridgehead atoms. The van der Waals surface area contributed by atoms with Gasteiger partial charge >= 0.3 is 6.18 Å². The lowest BCUT2D eigenvalue weighted by molar-refractivity contribution is -0.131. The van der Waals surface area contributed by atoms with Gasteiger partial charge in [0.05, 0.1) is 0 Å². The molecule has 0 aliphatic rings. The van der Waals surface area contributed by atoms with Crippen LogP contribution in [0.3, 0.4) is 0 Å². The highest BCUT2D eigenvalue weighted by Crippen LogP contribution is 2.42. The van der Waals surface area contributed by atoms with Crippen LogP contribution in [0, 0.1) is 6.92 Å². The molecule has 0 radical (unpaired) electrons. The standard InChI is InChI=1S/C13H10ClF3/c1-8-6-7-9-4-2-3-5-10(9)11(8)12(14)13(15,16)17/h2-7,12H,1H3. The summed E-state index contributed by atoms with van der Waals surface area (Å²) >= 11 is 5.54. The summed E-state index contributed by atoms with van der Waals surface area (Å²) < 4.78 is 38.1. The van der Waals surface area contributed by atoms with Crippen molar-refractivity contribution in [3.8, 4) is 0 Å². The molecule has 2 aromatic carbocycles. The summed E-state index contributed by atoms with van der Waals surface area (Å²) in [6, 6.07) is 10.4. The van der Waals surface area contributed by atoms with E-state index < -0.39 is 11.6 Å². The number of benzene rings is 2. The highest BCUT2D eigenvalue weighted by atomic mass is 35.5. The molecule has 2 aromatic rings. The molecule has 4 heteroatoms. The second-order valence-electron chi connectivity index (χ2n) is 3.92. The zero-order valence-electron chi connectivity index (χ0n) is 9.05. The second-order valence-corrected chi connectivity index (χ2v) is 4.36. The van der Waals surface area contributed by atoms with Crippen LogP contribution in [0.15, 0.2) is 36.4 Å². The van der Waals surface area contributed by atoms with Crippen LogP contribution in [0.1, 0.15) is 16.5 Å². The van der Waals surface area contributed by atoms with Crippen molar-refractivity contribution in [2.75, 3.05) is 0 Å². The summed E-state index contributed by atoms with van der Waals surface area (Å²) in [6.07, 6.45) is -4.43. The zero-order valence-corrected chi connectivity index (χ0v) is 9.81. The Morgan fingerprint density at radius 2 is 1.71 bits per heavy atom. The van der Waals surface area contributed by atoms with Crippen molar-refractivity contribution in [3.05, 3.63) is 47.5 Å². The first-order valence-corrected chi connectivity index (χ1v) is 5.54. The predicted molar refractivity (Wildman–Crippen MR) is 63.3 cm³/mol.